The summed E-state index contributed by atoms with van der Waals surface area (Å²) < 4.78 is 0. The van der Waals surface area contributed by atoms with E-state index in [0.717, 1.165) is 12.8 Å². The zero-order valence-electron chi connectivity index (χ0n) is 10.9. The number of hydrogen-bond acceptors (Lipinski definition) is 0. The average molecular weight is 310 g/mol. The van der Waals surface area contributed by atoms with E-state index in [-0.39, 0.29) is 14.9 Å². The molecule has 0 aliphatic heterocycles. The Balaban J connectivity index is -0.000000169. The summed E-state index contributed by atoms with van der Waals surface area (Å²) in [5.41, 5.74) is 2.72. The zero-order chi connectivity index (χ0) is 10.8. The average Bonchev–Trinajstić information content (AvgIpc) is 2.84. The maximum atomic E-state index is 3.19. The van der Waals surface area contributed by atoms with Gasteiger partial charge in [0.1, 0.15) is 0 Å². The number of allylic oxidation sites excluding steroid dienone is 8. The standard InChI is InChI=1S/C7H9.C5H5.2CH3.H2Si.Zr/c1-6-3-4-7(2)5-6;1-2-4-5-3-1;;;;/h5H,3H2,1-2H3;1-3H,4H2;2*1H3;1H2;/q4*-1;;. The molecule has 0 atom stereocenters. The first kappa shape index (κ1) is 21.4. The number of hydrogen-bond donors (Lipinski definition) is 0. The van der Waals surface area contributed by atoms with E-state index in [1.807, 2.05) is 19.0 Å². The second-order valence-electron chi connectivity index (χ2n) is 3.03. The van der Waals surface area contributed by atoms with Crippen LogP contribution in [-0.2, 0) is 23.3 Å². The van der Waals surface area contributed by atoms with Gasteiger partial charge in [-0.25, -0.2) is 23.8 Å². The molecular weight excluding hydrogens is 287 g/mol. The van der Waals surface area contributed by atoms with Crippen molar-refractivity contribution in [3.8, 4) is 0 Å². The Hall–Kier alpha value is 0.0600. The summed E-state index contributed by atoms with van der Waals surface area (Å²) in [5, 5.41) is 0. The monoisotopic (exact) mass is 308 g/mol. The predicted octanol–water partition coefficient (Wildman–Crippen LogP) is 3.37. The summed E-state index contributed by atoms with van der Waals surface area (Å²) in [6.45, 7) is 6.16. The topological polar surface area (TPSA) is 0 Å². The zero-order valence-corrected chi connectivity index (χ0v) is 14.8. The van der Waals surface area contributed by atoms with Crippen molar-refractivity contribution in [2.24, 2.45) is 0 Å². The van der Waals surface area contributed by atoms with E-state index in [1.54, 1.807) is 23.3 Å². The summed E-state index contributed by atoms with van der Waals surface area (Å²) in [4.78, 5) is 0. The second kappa shape index (κ2) is 15.1. The van der Waals surface area contributed by atoms with E-state index >= 15 is 0 Å². The van der Waals surface area contributed by atoms with E-state index in [0.29, 0.717) is 0 Å². The van der Waals surface area contributed by atoms with Gasteiger partial charge >= 0.3 is 30.2 Å². The SMILES string of the molecule is CC1=[C-]CC(C)=C1.[C-]1=CC=CC1.[CH3-].[CH3-].[SiH2]=[Zr]. The summed E-state index contributed by atoms with van der Waals surface area (Å²) >= 11 is 1.58. The Bertz CT molecular complexity index is 262. The van der Waals surface area contributed by atoms with E-state index in [4.69, 9.17) is 0 Å². The minimum absolute atomic E-state index is 0. The fourth-order valence-corrected chi connectivity index (χ4v) is 1.09. The maximum absolute atomic E-state index is 3.19. The van der Waals surface area contributed by atoms with Crippen molar-refractivity contribution < 1.29 is 23.3 Å². The summed E-state index contributed by atoms with van der Waals surface area (Å²) in [7, 11) is 0. The Kier molecular flexibility index (Phi) is 20.1. The Labute approximate surface area is 119 Å². The van der Waals surface area contributed by atoms with Crippen LogP contribution in [0.15, 0.2) is 35.5 Å². The van der Waals surface area contributed by atoms with Gasteiger partial charge in [-0.15, -0.1) is 12.8 Å². The molecule has 0 amide bonds. The molecule has 2 aliphatic rings. The third-order valence-electron chi connectivity index (χ3n) is 1.69. The molecule has 0 spiro atoms. The molecule has 0 saturated heterocycles. The molecule has 0 aromatic rings. The number of rotatable bonds is 0. The van der Waals surface area contributed by atoms with Crippen molar-refractivity contribution >= 4 is 6.88 Å². The molecule has 90 valence electrons. The first-order chi connectivity index (χ1) is 6.79. The van der Waals surface area contributed by atoms with Gasteiger partial charge in [0, 0.05) is 0 Å². The van der Waals surface area contributed by atoms with Crippen molar-refractivity contribution in [1.29, 1.82) is 0 Å². The normalized spacial score (nSPS) is 14.1. The van der Waals surface area contributed by atoms with Crippen molar-refractivity contribution in [3.05, 3.63) is 62.5 Å². The van der Waals surface area contributed by atoms with Crippen LogP contribution in [0.4, 0.5) is 0 Å². The molecule has 0 aromatic heterocycles. The molecule has 0 saturated carbocycles. The van der Waals surface area contributed by atoms with Crippen LogP contribution in [0.1, 0.15) is 26.7 Å². The molecule has 0 unspecified atom stereocenters. The van der Waals surface area contributed by atoms with Gasteiger partial charge in [-0.2, -0.15) is 11.6 Å². The van der Waals surface area contributed by atoms with E-state index in [9.17, 15) is 0 Å². The van der Waals surface area contributed by atoms with Crippen LogP contribution in [0.25, 0.3) is 0 Å². The van der Waals surface area contributed by atoms with E-state index in [1.165, 1.54) is 11.1 Å². The minimum atomic E-state index is 0. The van der Waals surface area contributed by atoms with Gasteiger partial charge < -0.3 is 14.9 Å². The first-order valence-electron chi connectivity index (χ1n) is 4.61. The summed E-state index contributed by atoms with van der Waals surface area (Å²) in [6, 6.07) is 0. The third kappa shape index (κ3) is 12.1. The van der Waals surface area contributed by atoms with Gasteiger partial charge in [0.15, 0.2) is 0 Å². The van der Waals surface area contributed by atoms with Crippen molar-refractivity contribution in [3.63, 3.8) is 0 Å². The molecular formula is C14H22SiZr-4. The fourth-order valence-electron chi connectivity index (χ4n) is 1.09. The molecule has 0 fully saturated rings. The summed E-state index contributed by atoms with van der Waals surface area (Å²) in [6.07, 6.45) is 16.4. The van der Waals surface area contributed by atoms with Crippen LogP contribution in [0, 0.1) is 27.0 Å². The third-order valence-corrected chi connectivity index (χ3v) is 1.69. The molecule has 0 radical (unpaired) electrons. The van der Waals surface area contributed by atoms with Gasteiger partial charge in [-0.3, -0.25) is 12.2 Å². The van der Waals surface area contributed by atoms with Gasteiger partial charge in [-0.1, -0.05) is 13.8 Å². The first-order valence-corrected chi connectivity index (χ1v) is 10.5. The molecule has 0 nitrogen and oxygen atoms in total. The van der Waals surface area contributed by atoms with Crippen LogP contribution >= 0.6 is 0 Å². The van der Waals surface area contributed by atoms with Crippen LogP contribution < -0.4 is 0 Å². The second-order valence-corrected chi connectivity index (χ2v) is 3.03. The molecule has 2 heteroatoms. The molecule has 16 heavy (non-hydrogen) atoms. The molecule has 0 heterocycles. The van der Waals surface area contributed by atoms with Crippen LogP contribution in [0.5, 0.6) is 0 Å². The van der Waals surface area contributed by atoms with Crippen molar-refractivity contribution in [1.82, 2.24) is 0 Å². The van der Waals surface area contributed by atoms with Crippen LogP contribution in [-0.4, -0.2) is 6.88 Å². The molecule has 0 bridgehead atoms. The Morgan fingerprint density at radius 3 is 2.00 bits per heavy atom. The molecule has 0 aromatic carbocycles. The van der Waals surface area contributed by atoms with Crippen molar-refractivity contribution in [2.75, 3.05) is 0 Å². The van der Waals surface area contributed by atoms with Crippen LogP contribution in [0.3, 0.4) is 0 Å². The van der Waals surface area contributed by atoms with Gasteiger partial charge in [0.05, 0.1) is 0 Å². The van der Waals surface area contributed by atoms with Gasteiger partial charge in [0.2, 0.25) is 0 Å². The Morgan fingerprint density at radius 1 is 1.25 bits per heavy atom. The predicted molar refractivity (Wildman–Crippen MR) is 73.7 cm³/mol. The Morgan fingerprint density at radius 2 is 1.88 bits per heavy atom. The van der Waals surface area contributed by atoms with Gasteiger partial charge in [0.25, 0.3) is 0 Å². The quantitative estimate of drug-likeness (QED) is 0.475. The van der Waals surface area contributed by atoms with E-state index in [2.05, 4.69) is 38.2 Å². The van der Waals surface area contributed by atoms with E-state index < -0.39 is 0 Å². The fraction of sp³-hybridized carbons (Fsp3) is 0.286. The van der Waals surface area contributed by atoms with Gasteiger partial charge in [-0.05, 0) is 0 Å². The van der Waals surface area contributed by atoms with Crippen molar-refractivity contribution in [2.45, 2.75) is 26.7 Å². The molecule has 0 N–H and O–H groups in total. The summed E-state index contributed by atoms with van der Waals surface area (Å²) in [5.74, 6) is 0. The molecule has 2 rings (SSSR count). The molecule has 2 aliphatic carbocycles. The van der Waals surface area contributed by atoms with Crippen LogP contribution in [0.2, 0.25) is 0 Å².